The number of para-hydroxylation sites is 1. The van der Waals surface area contributed by atoms with Crippen molar-refractivity contribution in [1.29, 1.82) is 0 Å². The van der Waals surface area contributed by atoms with E-state index in [0.29, 0.717) is 22.3 Å². The molecule has 0 unspecified atom stereocenters. The molecule has 3 aromatic rings. The van der Waals surface area contributed by atoms with Crippen molar-refractivity contribution in [3.8, 4) is 11.3 Å². The standard InChI is InChI=1S/C17H14O2/c1-11-7-3-4-8-13(11)17-12(2)16(18)14-9-5-6-10-15(14)19-17/h3-10H,1-2H3. The highest BCUT2D eigenvalue weighted by Crippen LogP contribution is 2.27. The van der Waals surface area contributed by atoms with E-state index in [1.54, 1.807) is 6.07 Å². The van der Waals surface area contributed by atoms with Gasteiger partial charge in [-0.15, -0.1) is 0 Å². The molecule has 0 bridgehead atoms. The Morgan fingerprint density at radius 2 is 1.58 bits per heavy atom. The van der Waals surface area contributed by atoms with E-state index in [1.165, 1.54) is 0 Å². The third-order valence-electron chi connectivity index (χ3n) is 3.41. The molecule has 0 aliphatic rings. The van der Waals surface area contributed by atoms with Crippen LogP contribution in [-0.4, -0.2) is 0 Å². The van der Waals surface area contributed by atoms with Crippen LogP contribution in [0.5, 0.6) is 0 Å². The molecular formula is C17H14O2. The summed E-state index contributed by atoms with van der Waals surface area (Å²) in [4.78, 5) is 12.4. The number of hydrogen-bond donors (Lipinski definition) is 0. The molecule has 0 radical (unpaired) electrons. The molecule has 0 aliphatic carbocycles. The Balaban J connectivity index is 2.40. The van der Waals surface area contributed by atoms with E-state index in [2.05, 4.69) is 0 Å². The van der Waals surface area contributed by atoms with Crippen molar-refractivity contribution >= 4 is 11.0 Å². The van der Waals surface area contributed by atoms with E-state index in [0.717, 1.165) is 11.1 Å². The predicted molar refractivity (Wildman–Crippen MR) is 77.4 cm³/mol. The molecule has 1 aromatic heterocycles. The minimum absolute atomic E-state index is 0.0418. The second-order valence-electron chi connectivity index (χ2n) is 4.70. The number of benzene rings is 2. The van der Waals surface area contributed by atoms with Crippen LogP contribution >= 0.6 is 0 Å². The fraction of sp³-hybridized carbons (Fsp3) is 0.118. The summed E-state index contributed by atoms with van der Waals surface area (Å²) in [6, 6.07) is 15.3. The summed E-state index contributed by atoms with van der Waals surface area (Å²) in [7, 11) is 0. The van der Waals surface area contributed by atoms with Gasteiger partial charge in [-0.25, -0.2) is 0 Å². The van der Waals surface area contributed by atoms with Gasteiger partial charge in [0.25, 0.3) is 0 Å². The highest BCUT2D eigenvalue weighted by molar-refractivity contribution is 5.80. The predicted octanol–water partition coefficient (Wildman–Crippen LogP) is 4.08. The van der Waals surface area contributed by atoms with Crippen molar-refractivity contribution in [3.63, 3.8) is 0 Å². The summed E-state index contributed by atoms with van der Waals surface area (Å²) in [5, 5.41) is 0.636. The van der Waals surface area contributed by atoms with Gasteiger partial charge < -0.3 is 4.42 Å². The van der Waals surface area contributed by atoms with Crippen molar-refractivity contribution < 1.29 is 4.42 Å². The topological polar surface area (TPSA) is 30.2 Å². The molecule has 0 spiro atoms. The summed E-state index contributed by atoms with van der Waals surface area (Å²) in [6.07, 6.45) is 0. The second-order valence-corrected chi connectivity index (χ2v) is 4.70. The lowest BCUT2D eigenvalue weighted by atomic mass is 10.0. The Labute approximate surface area is 111 Å². The highest BCUT2D eigenvalue weighted by atomic mass is 16.3. The quantitative estimate of drug-likeness (QED) is 0.651. The summed E-state index contributed by atoms with van der Waals surface area (Å²) < 4.78 is 5.94. The van der Waals surface area contributed by atoms with Crippen LogP contribution in [-0.2, 0) is 0 Å². The van der Waals surface area contributed by atoms with Crippen LogP contribution in [0.25, 0.3) is 22.3 Å². The van der Waals surface area contributed by atoms with E-state index >= 15 is 0 Å². The minimum Gasteiger partial charge on any atom is -0.456 e. The van der Waals surface area contributed by atoms with Crippen LogP contribution in [0.2, 0.25) is 0 Å². The van der Waals surface area contributed by atoms with Gasteiger partial charge in [-0.05, 0) is 31.5 Å². The van der Waals surface area contributed by atoms with Crippen molar-refractivity contribution in [2.24, 2.45) is 0 Å². The van der Waals surface area contributed by atoms with Crippen molar-refractivity contribution in [3.05, 3.63) is 69.9 Å². The van der Waals surface area contributed by atoms with Crippen LogP contribution in [0.15, 0.2) is 57.7 Å². The van der Waals surface area contributed by atoms with Gasteiger partial charge in [0.1, 0.15) is 11.3 Å². The molecule has 19 heavy (non-hydrogen) atoms. The Kier molecular flexibility index (Phi) is 2.71. The third-order valence-corrected chi connectivity index (χ3v) is 3.41. The first-order valence-electron chi connectivity index (χ1n) is 6.27. The SMILES string of the molecule is Cc1ccccc1-c1oc2ccccc2c(=O)c1C. The Morgan fingerprint density at radius 1 is 0.895 bits per heavy atom. The van der Waals surface area contributed by atoms with Gasteiger partial charge in [0.05, 0.1) is 5.39 Å². The minimum atomic E-state index is 0.0418. The summed E-state index contributed by atoms with van der Waals surface area (Å²) in [5.74, 6) is 0.668. The molecule has 1 heterocycles. The lowest BCUT2D eigenvalue weighted by molar-refractivity contribution is 0.613. The van der Waals surface area contributed by atoms with Crippen LogP contribution in [0.4, 0.5) is 0 Å². The molecule has 2 heteroatoms. The first kappa shape index (κ1) is 11.7. The van der Waals surface area contributed by atoms with E-state index in [9.17, 15) is 4.79 Å². The van der Waals surface area contributed by atoms with Crippen LogP contribution in [0, 0.1) is 13.8 Å². The van der Waals surface area contributed by atoms with Crippen LogP contribution < -0.4 is 5.43 Å². The summed E-state index contributed by atoms with van der Waals surface area (Å²) >= 11 is 0. The fourth-order valence-corrected chi connectivity index (χ4v) is 2.32. The normalized spacial score (nSPS) is 10.8. The molecule has 0 aliphatic heterocycles. The smallest absolute Gasteiger partial charge is 0.196 e. The van der Waals surface area contributed by atoms with Gasteiger partial charge in [0.15, 0.2) is 5.43 Å². The van der Waals surface area contributed by atoms with Crippen molar-refractivity contribution in [2.75, 3.05) is 0 Å². The fourth-order valence-electron chi connectivity index (χ4n) is 2.32. The maximum atomic E-state index is 12.4. The monoisotopic (exact) mass is 250 g/mol. The van der Waals surface area contributed by atoms with E-state index in [1.807, 2.05) is 56.3 Å². The first-order valence-corrected chi connectivity index (χ1v) is 6.27. The zero-order valence-electron chi connectivity index (χ0n) is 10.9. The van der Waals surface area contributed by atoms with Gasteiger partial charge in [-0.1, -0.05) is 36.4 Å². The molecule has 0 saturated heterocycles. The van der Waals surface area contributed by atoms with Gasteiger partial charge >= 0.3 is 0 Å². The van der Waals surface area contributed by atoms with Crippen molar-refractivity contribution in [1.82, 2.24) is 0 Å². The van der Waals surface area contributed by atoms with E-state index < -0.39 is 0 Å². The average Bonchev–Trinajstić information content (AvgIpc) is 2.44. The number of fused-ring (bicyclic) bond motifs is 1. The van der Waals surface area contributed by atoms with Gasteiger partial charge in [0.2, 0.25) is 0 Å². The maximum Gasteiger partial charge on any atom is 0.196 e. The number of aryl methyl sites for hydroxylation is 1. The van der Waals surface area contributed by atoms with Crippen molar-refractivity contribution in [2.45, 2.75) is 13.8 Å². The van der Waals surface area contributed by atoms with E-state index in [4.69, 9.17) is 4.42 Å². The Hall–Kier alpha value is -2.35. The largest absolute Gasteiger partial charge is 0.456 e. The average molecular weight is 250 g/mol. The second kappa shape index (κ2) is 4.39. The zero-order valence-corrected chi connectivity index (χ0v) is 10.9. The Bertz CT molecular complexity index is 813. The molecule has 3 rings (SSSR count). The molecule has 94 valence electrons. The van der Waals surface area contributed by atoms with E-state index in [-0.39, 0.29) is 5.43 Å². The molecule has 0 fully saturated rings. The summed E-state index contributed by atoms with van der Waals surface area (Å²) in [5.41, 5.74) is 3.41. The van der Waals surface area contributed by atoms with Crippen LogP contribution in [0.1, 0.15) is 11.1 Å². The van der Waals surface area contributed by atoms with Crippen LogP contribution in [0.3, 0.4) is 0 Å². The maximum absolute atomic E-state index is 12.4. The molecule has 0 amide bonds. The lowest BCUT2D eigenvalue weighted by Gasteiger charge is -2.09. The number of hydrogen-bond acceptors (Lipinski definition) is 2. The van der Waals surface area contributed by atoms with Gasteiger partial charge in [-0.2, -0.15) is 0 Å². The molecule has 2 aromatic carbocycles. The van der Waals surface area contributed by atoms with Gasteiger partial charge in [-0.3, -0.25) is 4.79 Å². The highest BCUT2D eigenvalue weighted by Gasteiger charge is 2.13. The Morgan fingerprint density at radius 3 is 2.37 bits per heavy atom. The summed E-state index contributed by atoms with van der Waals surface area (Å²) in [6.45, 7) is 3.84. The van der Waals surface area contributed by atoms with Gasteiger partial charge in [0, 0.05) is 11.1 Å². The zero-order chi connectivity index (χ0) is 13.4. The molecule has 0 N–H and O–H groups in total. The lowest BCUT2D eigenvalue weighted by Crippen LogP contribution is -2.07. The molecule has 0 saturated carbocycles. The molecular weight excluding hydrogens is 236 g/mol. The molecule has 2 nitrogen and oxygen atoms in total. The molecule has 0 atom stereocenters. The third kappa shape index (κ3) is 1.85. The first-order chi connectivity index (χ1) is 9.18. The number of rotatable bonds is 1.